The van der Waals surface area contributed by atoms with Crippen LogP contribution < -0.4 is 0 Å². The molecule has 0 aliphatic rings. The monoisotopic (exact) mass is 249 g/mol. The molecule has 0 N–H and O–H groups in total. The summed E-state index contributed by atoms with van der Waals surface area (Å²) >= 11 is 4.76. The first kappa shape index (κ1) is 9.67. The maximum atomic E-state index is 10.7. The molecule has 0 saturated carbocycles. The van der Waals surface area contributed by atoms with Crippen molar-refractivity contribution in [3.05, 3.63) is 15.0 Å². The molecule has 0 radical (unpaired) electrons. The van der Waals surface area contributed by atoms with E-state index in [2.05, 4.69) is 25.7 Å². The maximum Gasteiger partial charge on any atom is 0.305 e. The van der Waals surface area contributed by atoms with Gasteiger partial charge in [0.25, 0.3) is 0 Å². The molecule has 0 amide bonds. The Morgan fingerprint density at radius 2 is 2.58 bits per heavy atom. The van der Waals surface area contributed by atoms with Crippen LogP contribution in [0.25, 0.3) is 0 Å². The number of hydrogen-bond acceptors (Lipinski definition) is 4. The highest BCUT2D eigenvalue weighted by Gasteiger charge is 2.03. The Labute approximate surface area is 82.9 Å². The van der Waals surface area contributed by atoms with E-state index < -0.39 is 0 Å². The molecule has 3 nitrogen and oxygen atoms in total. The van der Waals surface area contributed by atoms with Crippen molar-refractivity contribution in [2.75, 3.05) is 7.11 Å². The van der Waals surface area contributed by atoms with Gasteiger partial charge in [0.05, 0.1) is 19.2 Å². The lowest BCUT2D eigenvalue weighted by atomic mass is 10.2. The molecule has 0 unspecified atom stereocenters. The zero-order valence-electron chi connectivity index (χ0n) is 6.54. The van der Waals surface area contributed by atoms with Crippen LogP contribution in [0.4, 0.5) is 0 Å². The number of ether oxygens (including phenoxy) is 1. The third kappa shape index (κ3) is 2.91. The van der Waals surface area contributed by atoms with Gasteiger partial charge in [0.2, 0.25) is 0 Å². The molecule has 0 atom stereocenters. The van der Waals surface area contributed by atoms with E-state index in [0.717, 1.165) is 9.61 Å². The Balaban J connectivity index is 2.38. The summed E-state index contributed by atoms with van der Waals surface area (Å²) in [5, 5.41) is 1.92. The summed E-state index contributed by atoms with van der Waals surface area (Å²) in [5.41, 5.74) is 0.928. The Morgan fingerprint density at radius 1 is 1.83 bits per heavy atom. The smallest absolute Gasteiger partial charge is 0.305 e. The number of thiazole rings is 1. The first-order valence-corrected chi connectivity index (χ1v) is 5.06. The van der Waals surface area contributed by atoms with Gasteiger partial charge in [-0.25, -0.2) is 4.98 Å². The molecular formula is C7H8BrNO2S. The Morgan fingerprint density at radius 3 is 3.08 bits per heavy atom. The molecule has 0 aromatic carbocycles. The predicted molar refractivity (Wildman–Crippen MR) is 50.2 cm³/mol. The van der Waals surface area contributed by atoms with E-state index in [1.807, 2.05) is 5.38 Å². The van der Waals surface area contributed by atoms with Crippen molar-refractivity contribution in [1.82, 2.24) is 4.98 Å². The van der Waals surface area contributed by atoms with Crippen molar-refractivity contribution >= 4 is 33.2 Å². The molecule has 0 aliphatic carbocycles. The van der Waals surface area contributed by atoms with Crippen LogP contribution in [0.5, 0.6) is 0 Å². The van der Waals surface area contributed by atoms with E-state index in [1.54, 1.807) is 0 Å². The van der Waals surface area contributed by atoms with Crippen molar-refractivity contribution in [2.45, 2.75) is 12.8 Å². The van der Waals surface area contributed by atoms with Crippen LogP contribution in [0.15, 0.2) is 9.30 Å². The average molecular weight is 250 g/mol. The molecule has 0 aliphatic heterocycles. The van der Waals surface area contributed by atoms with Gasteiger partial charge >= 0.3 is 5.97 Å². The van der Waals surface area contributed by atoms with E-state index >= 15 is 0 Å². The van der Waals surface area contributed by atoms with E-state index in [1.165, 1.54) is 18.4 Å². The lowest BCUT2D eigenvalue weighted by Crippen LogP contribution is -2.01. The summed E-state index contributed by atoms with van der Waals surface area (Å²) in [6, 6.07) is 0. The molecule has 66 valence electrons. The number of methoxy groups -OCH3 is 1. The second-order valence-corrected chi connectivity index (χ2v) is 4.30. The van der Waals surface area contributed by atoms with Gasteiger partial charge in [-0.05, 0) is 15.9 Å². The van der Waals surface area contributed by atoms with Crippen molar-refractivity contribution < 1.29 is 9.53 Å². The largest absolute Gasteiger partial charge is 0.469 e. The number of esters is 1. The maximum absolute atomic E-state index is 10.7. The minimum atomic E-state index is -0.195. The predicted octanol–water partition coefficient (Wildman–Crippen LogP) is 2.01. The van der Waals surface area contributed by atoms with E-state index in [9.17, 15) is 4.79 Å². The fraction of sp³-hybridized carbons (Fsp3) is 0.429. The van der Waals surface area contributed by atoms with Crippen LogP contribution in [-0.4, -0.2) is 18.1 Å². The molecule has 1 rings (SSSR count). The van der Waals surface area contributed by atoms with Crippen LogP contribution in [0.2, 0.25) is 0 Å². The number of hydrogen-bond donors (Lipinski definition) is 0. The zero-order valence-corrected chi connectivity index (χ0v) is 8.94. The van der Waals surface area contributed by atoms with Crippen molar-refractivity contribution in [1.29, 1.82) is 0 Å². The number of halogens is 1. The standard InChI is InChI=1S/C7H8BrNO2S/c1-11-6(10)3-2-5-4-12-7(8)9-5/h4H,2-3H2,1H3. The average Bonchev–Trinajstić information content (AvgIpc) is 2.47. The normalized spacial score (nSPS) is 9.83. The highest BCUT2D eigenvalue weighted by molar-refractivity contribution is 9.11. The Kier molecular flexibility index (Phi) is 3.68. The second kappa shape index (κ2) is 4.57. The fourth-order valence-corrected chi connectivity index (χ4v) is 1.81. The molecule has 0 bridgehead atoms. The van der Waals surface area contributed by atoms with E-state index in [4.69, 9.17) is 0 Å². The topological polar surface area (TPSA) is 39.2 Å². The summed E-state index contributed by atoms with van der Waals surface area (Å²) in [6.45, 7) is 0. The number of aryl methyl sites for hydroxylation is 1. The highest BCUT2D eigenvalue weighted by atomic mass is 79.9. The first-order chi connectivity index (χ1) is 5.72. The van der Waals surface area contributed by atoms with Crippen LogP contribution in [0.1, 0.15) is 12.1 Å². The first-order valence-electron chi connectivity index (χ1n) is 3.39. The third-order valence-corrected chi connectivity index (χ3v) is 2.75. The van der Waals surface area contributed by atoms with Gasteiger partial charge in [0, 0.05) is 11.8 Å². The summed E-state index contributed by atoms with van der Waals surface area (Å²) in [6.07, 6.45) is 1.04. The van der Waals surface area contributed by atoms with Gasteiger partial charge in [-0.2, -0.15) is 0 Å². The van der Waals surface area contributed by atoms with Crippen LogP contribution in [-0.2, 0) is 16.0 Å². The summed E-state index contributed by atoms with van der Waals surface area (Å²) in [7, 11) is 1.39. The van der Waals surface area contributed by atoms with Gasteiger partial charge in [0.15, 0.2) is 3.92 Å². The van der Waals surface area contributed by atoms with Gasteiger partial charge in [-0.1, -0.05) is 0 Å². The molecule has 12 heavy (non-hydrogen) atoms. The molecular weight excluding hydrogens is 242 g/mol. The van der Waals surface area contributed by atoms with Gasteiger partial charge in [0.1, 0.15) is 0 Å². The number of aromatic nitrogens is 1. The fourth-order valence-electron chi connectivity index (χ4n) is 0.729. The molecule has 0 saturated heterocycles. The third-order valence-electron chi connectivity index (χ3n) is 1.34. The number of nitrogens with zero attached hydrogens (tertiary/aromatic N) is 1. The number of rotatable bonds is 3. The second-order valence-electron chi connectivity index (χ2n) is 2.17. The molecule has 1 heterocycles. The number of carbonyl (C=O) groups is 1. The van der Waals surface area contributed by atoms with Crippen LogP contribution in [0.3, 0.4) is 0 Å². The molecule has 1 aromatic heterocycles. The quantitative estimate of drug-likeness (QED) is 0.770. The van der Waals surface area contributed by atoms with Crippen molar-refractivity contribution in [3.8, 4) is 0 Å². The SMILES string of the molecule is COC(=O)CCc1csc(Br)n1. The highest BCUT2D eigenvalue weighted by Crippen LogP contribution is 2.16. The molecule has 0 fully saturated rings. The van der Waals surface area contributed by atoms with Crippen molar-refractivity contribution in [3.63, 3.8) is 0 Å². The lowest BCUT2D eigenvalue weighted by molar-refractivity contribution is -0.140. The van der Waals surface area contributed by atoms with Crippen molar-refractivity contribution in [2.24, 2.45) is 0 Å². The molecule has 5 heteroatoms. The van der Waals surface area contributed by atoms with Crippen LogP contribution >= 0.6 is 27.3 Å². The Hall–Kier alpha value is -0.420. The lowest BCUT2D eigenvalue weighted by Gasteiger charge is -1.95. The molecule has 0 spiro atoms. The number of carbonyl (C=O) groups excluding carboxylic acids is 1. The summed E-state index contributed by atoms with van der Waals surface area (Å²) in [5.74, 6) is -0.195. The minimum absolute atomic E-state index is 0.195. The van der Waals surface area contributed by atoms with Gasteiger partial charge < -0.3 is 4.74 Å². The summed E-state index contributed by atoms with van der Waals surface area (Å²) in [4.78, 5) is 14.9. The van der Waals surface area contributed by atoms with E-state index in [0.29, 0.717) is 12.8 Å². The Bertz CT molecular complexity index is 274. The van der Waals surface area contributed by atoms with Gasteiger partial charge in [-0.15, -0.1) is 11.3 Å². The summed E-state index contributed by atoms with van der Waals surface area (Å²) < 4.78 is 5.35. The molecule has 1 aromatic rings. The zero-order chi connectivity index (χ0) is 8.97. The van der Waals surface area contributed by atoms with Gasteiger partial charge in [-0.3, -0.25) is 4.79 Å². The minimum Gasteiger partial charge on any atom is -0.469 e. The van der Waals surface area contributed by atoms with E-state index in [-0.39, 0.29) is 5.97 Å². The van der Waals surface area contributed by atoms with Crippen LogP contribution in [0, 0.1) is 0 Å².